The van der Waals surface area contributed by atoms with Crippen molar-refractivity contribution in [3.8, 4) is 0 Å². The van der Waals surface area contributed by atoms with Gasteiger partial charge < -0.3 is 23.1 Å². The standard InChI is InChI=1S/C10H25NO5SSi.C7H14O3/c1-6-10(2)17(12,13)11-8-7-9-18(14-3,15-4)16-5;1-3-6(2)7(9)10-5-4-8/h10-11H,6-9H2,1-5H3;6,8H,3-5H2,1-2H3. The zero-order valence-electron chi connectivity index (χ0n) is 18.3. The van der Waals surface area contributed by atoms with Crippen molar-refractivity contribution in [2.75, 3.05) is 41.1 Å². The summed E-state index contributed by atoms with van der Waals surface area (Å²) in [6.07, 6.45) is 2.00. The van der Waals surface area contributed by atoms with E-state index in [0.29, 0.717) is 25.4 Å². The predicted octanol–water partition coefficient (Wildman–Crippen LogP) is 1.54. The van der Waals surface area contributed by atoms with Gasteiger partial charge in [-0.05, 0) is 26.2 Å². The van der Waals surface area contributed by atoms with E-state index < -0.39 is 18.8 Å². The molecule has 11 heteroatoms. The fourth-order valence-electron chi connectivity index (χ4n) is 1.89. The largest absolute Gasteiger partial charge is 0.500 e. The molecule has 170 valence electrons. The molecule has 2 atom stereocenters. The minimum Gasteiger partial charge on any atom is -0.463 e. The second-order valence-corrected chi connectivity index (χ2v) is 11.5. The molecule has 0 bridgehead atoms. The summed E-state index contributed by atoms with van der Waals surface area (Å²) in [5.41, 5.74) is 0. The van der Waals surface area contributed by atoms with E-state index in [1.165, 1.54) is 0 Å². The van der Waals surface area contributed by atoms with E-state index in [9.17, 15) is 13.2 Å². The molecule has 2 N–H and O–H groups in total. The third-order valence-electron chi connectivity index (χ3n) is 4.35. The number of aliphatic hydroxyl groups excluding tert-OH is 1. The van der Waals surface area contributed by atoms with Gasteiger partial charge in [-0.25, -0.2) is 13.1 Å². The summed E-state index contributed by atoms with van der Waals surface area (Å²) in [5.74, 6) is -0.275. The van der Waals surface area contributed by atoms with Crippen LogP contribution in [0.25, 0.3) is 0 Å². The Balaban J connectivity index is 0. The fraction of sp³-hybridized carbons (Fsp3) is 0.941. The van der Waals surface area contributed by atoms with Crippen molar-refractivity contribution in [1.82, 2.24) is 4.72 Å². The Labute approximate surface area is 171 Å². The molecule has 0 aliphatic heterocycles. The van der Waals surface area contributed by atoms with Gasteiger partial charge >= 0.3 is 14.8 Å². The van der Waals surface area contributed by atoms with Crippen LogP contribution in [0.2, 0.25) is 6.04 Å². The Hall–Kier alpha value is -0.563. The number of nitrogens with one attached hydrogen (secondary N) is 1. The van der Waals surface area contributed by atoms with Gasteiger partial charge in [0.2, 0.25) is 10.0 Å². The van der Waals surface area contributed by atoms with E-state index in [1.54, 1.807) is 35.2 Å². The molecule has 0 heterocycles. The molecule has 0 aromatic rings. The molecule has 0 saturated carbocycles. The van der Waals surface area contributed by atoms with Crippen LogP contribution in [0.3, 0.4) is 0 Å². The molecular weight excluding hydrogens is 406 g/mol. The highest BCUT2D eigenvalue weighted by Crippen LogP contribution is 2.14. The van der Waals surface area contributed by atoms with Gasteiger partial charge in [0.15, 0.2) is 0 Å². The average Bonchev–Trinajstić information content (AvgIpc) is 2.71. The second-order valence-electron chi connectivity index (χ2n) is 6.26. The minimum absolute atomic E-state index is 0.0495. The number of hydrogen-bond donors (Lipinski definition) is 2. The highest BCUT2D eigenvalue weighted by Gasteiger charge is 2.37. The molecule has 28 heavy (non-hydrogen) atoms. The van der Waals surface area contributed by atoms with Crippen molar-refractivity contribution in [1.29, 1.82) is 0 Å². The van der Waals surface area contributed by atoms with Crippen LogP contribution in [0, 0.1) is 5.92 Å². The van der Waals surface area contributed by atoms with E-state index in [0.717, 1.165) is 6.42 Å². The molecule has 2 unspecified atom stereocenters. The molecule has 0 spiro atoms. The zero-order valence-corrected chi connectivity index (χ0v) is 20.1. The average molecular weight is 446 g/mol. The van der Waals surface area contributed by atoms with Gasteiger partial charge in [-0.2, -0.15) is 0 Å². The first-order chi connectivity index (χ1) is 13.1. The second kappa shape index (κ2) is 16.3. The van der Waals surface area contributed by atoms with Crippen LogP contribution >= 0.6 is 0 Å². The number of rotatable bonds is 14. The summed E-state index contributed by atoms with van der Waals surface area (Å²) in [5, 5.41) is 7.92. The number of esters is 1. The zero-order chi connectivity index (χ0) is 22.2. The minimum atomic E-state index is -3.21. The number of carbonyl (C=O) groups excluding carboxylic acids is 1. The summed E-state index contributed by atoms with van der Waals surface area (Å²) >= 11 is 0. The number of aliphatic hydroxyl groups is 1. The van der Waals surface area contributed by atoms with Crippen molar-refractivity contribution in [2.24, 2.45) is 5.92 Å². The van der Waals surface area contributed by atoms with E-state index in [1.807, 2.05) is 13.8 Å². The smallest absolute Gasteiger partial charge is 0.463 e. The first-order valence-corrected chi connectivity index (χ1v) is 13.0. The fourth-order valence-corrected chi connectivity index (χ4v) is 4.77. The van der Waals surface area contributed by atoms with E-state index in [2.05, 4.69) is 9.46 Å². The summed E-state index contributed by atoms with van der Waals surface area (Å²) in [7, 11) is -1.16. The number of hydrogen-bond acceptors (Lipinski definition) is 8. The maximum absolute atomic E-state index is 11.7. The molecular formula is C17H39NO8SSi. The van der Waals surface area contributed by atoms with Gasteiger partial charge in [0.25, 0.3) is 0 Å². The molecule has 0 saturated heterocycles. The van der Waals surface area contributed by atoms with Gasteiger partial charge in [-0.3, -0.25) is 4.79 Å². The number of carbonyl (C=O) groups is 1. The Bertz CT molecular complexity index is 491. The summed E-state index contributed by atoms with van der Waals surface area (Å²) in [6.45, 7) is 7.66. The van der Waals surface area contributed by atoms with Crippen LogP contribution in [0.4, 0.5) is 0 Å². The predicted molar refractivity (Wildman–Crippen MR) is 110 cm³/mol. The van der Waals surface area contributed by atoms with Gasteiger partial charge in [0, 0.05) is 33.9 Å². The third-order valence-corrected chi connectivity index (χ3v) is 9.18. The lowest BCUT2D eigenvalue weighted by molar-refractivity contribution is -0.149. The molecule has 0 fully saturated rings. The van der Waals surface area contributed by atoms with E-state index in [4.69, 9.17) is 18.4 Å². The van der Waals surface area contributed by atoms with Crippen LogP contribution in [0.5, 0.6) is 0 Å². The summed E-state index contributed by atoms with van der Waals surface area (Å²) in [4.78, 5) is 10.8. The van der Waals surface area contributed by atoms with Crippen molar-refractivity contribution >= 4 is 24.8 Å². The van der Waals surface area contributed by atoms with Crippen LogP contribution in [-0.2, 0) is 32.8 Å². The van der Waals surface area contributed by atoms with Gasteiger partial charge in [0.1, 0.15) is 6.61 Å². The Morgan fingerprint density at radius 2 is 1.61 bits per heavy atom. The van der Waals surface area contributed by atoms with Crippen molar-refractivity contribution in [3.63, 3.8) is 0 Å². The highest BCUT2D eigenvalue weighted by molar-refractivity contribution is 7.90. The first kappa shape index (κ1) is 29.6. The highest BCUT2D eigenvalue weighted by atomic mass is 32.2. The van der Waals surface area contributed by atoms with E-state index in [-0.39, 0.29) is 30.4 Å². The van der Waals surface area contributed by atoms with Crippen molar-refractivity contribution in [3.05, 3.63) is 0 Å². The molecule has 0 radical (unpaired) electrons. The maximum atomic E-state index is 11.7. The van der Waals surface area contributed by atoms with Gasteiger partial charge in [-0.15, -0.1) is 0 Å². The summed E-state index contributed by atoms with van der Waals surface area (Å²) < 4.78 is 46.4. The van der Waals surface area contributed by atoms with Crippen LogP contribution in [0.1, 0.15) is 47.0 Å². The summed E-state index contributed by atoms with van der Waals surface area (Å²) in [6, 6.07) is 0.583. The maximum Gasteiger partial charge on any atom is 0.500 e. The molecule has 0 rings (SSSR count). The first-order valence-electron chi connectivity index (χ1n) is 9.50. The Morgan fingerprint density at radius 3 is 2.00 bits per heavy atom. The topological polar surface area (TPSA) is 120 Å². The molecule has 0 amide bonds. The molecule has 0 aromatic carbocycles. The molecule has 9 nitrogen and oxygen atoms in total. The number of sulfonamides is 1. The monoisotopic (exact) mass is 445 g/mol. The molecule has 0 aliphatic carbocycles. The number of ether oxygens (including phenoxy) is 1. The van der Waals surface area contributed by atoms with Gasteiger partial charge in [0.05, 0.1) is 17.8 Å². The third kappa shape index (κ3) is 12.1. The van der Waals surface area contributed by atoms with Crippen molar-refractivity contribution in [2.45, 2.75) is 58.3 Å². The van der Waals surface area contributed by atoms with Crippen LogP contribution < -0.4 is 4.72 Å². The SMILES string of the molecule is CCC(C)C(=O)OCCO.CCC(C)S(=O)(=O)NCCC[Si](OC)(OC)OC. The van der Waals surface area contributed by atoms with Crippen LogP contribution in [0.15, 0.2) is 0 Å². The molecule has 0 aliphatic rings. The Morgan fingerprint density at radius 1 is 1.07 bits per heavy atom. The quantitative estimate of drug-likeness (QED) is 0.235. The van der Waals surface area contributed by atoms with E-state index >= 15 is 0 Å². The molecule has 0 aromatic heterocycles. The Kier molecular flexibility index (Phi) is 17.2. The normalized spacial score (nSPS) is 14.0. The lowest BCUT2D eigenvalue weighted by Crippen LogP contribution is -2.43. The van der Waals surface area contributed by atoms with Crippen LogP contribution in [-0.4, -0.2) is 74.6 Å². The lowest BCUT2D eigenvalue weighted by atomic mass is 10.1. The lowest BCUT2D eigenvalue weighted by Gasteiger charge is -2.24. The van der Waals surface area contributed by atoms with Crippen molar-refractivity contribution < 1.29 is 36.3 Å². The van der Waals surface area contributed by atoms with Gasteiger partial charge in [-0.1, -0.05) is 20.8 Å².